The number of nitrogens with one attached hydrogen (secondary N) is 2. The Morgan fingerprint density at radius 1 is 1.21 bits per heavy atom. The Labute approximate surface area is 146 Å². The third-order valence-electron chi connectivity index (χ3n) is 4.09. The van der Waals surface area contributed by atoms with E-state index < -0.39 is 0 Å². The van der Waals surface area contributed by atoms with Crippen molar-refractivity contribution in [2.45, 2.75) is 13.0 Å². The molecule has 0 saturated carbocycles. The first-order valence-electron chi connectivity index (χ1n) is 7.77. The average Bonchev–Trinajstić information content (AvgIpc) is 2.54. The van der Waals surface area contributed by atoms with E-state index in [9.17, 15) is 4.79 Å². The van der Waals surface area contributed by atoms with Crippen LogP contribution in [0, 0.1) is 0 Å². The minimum absolute atomic E-state index is 0.334. The molecule has 0 saturated heterocycles. The van der Waals surface area contributed by atoms with E-state index in [1.807, 2.05) is 12.1 Å². The smallest absolute Gasteiger partial charge is 0.323 e. The minimum atomic E-state index is -0.334. The summed E-state index contributed by atoms with van der Waals surface area (Å²) in [5.41, 5.74) is 3.89. The highest BCUT2D eigenvalue weighted by Crippen LogP contribution is 2.32. The monoisotopic (exact) mass is 345 g/mol. The molecule has 1 aliphatic rings. The van der Waals surface area contributed by atoms with Crippen LogP contribution in [0.3, 0.4) is 0 Å². The van der Waals surface area contributed by atoms with Crippen molar-refractivity contribution < 1.29 is 9.53 Å². The van der Waals surface area contributed by atoms with E-state index in [4.69, 9.17) is 16.3 Å². The van der Waals surface area contributed by atoms with Gasteiger partial charge in [0.2, 0.25) is 0 Å². The molecule has 2 aromatic carbocycles. The van der Waals surface area contributed by atoms with Crippen LogP contribution >= 0.6 is 11.6 Å². The molecule has 2 aromatic rings. The molecule has 5 nitrogen and oxygen atoms in total. The number of amides is 2. The highest BCUT2D eigenvalue weighted by Gasteiger charge is 2.15. The van der Waals surface area contributed by atoms with Crippen LogP contribution < -0.4 is 15.4 Å². The average molecular weight is 346 g/mol. The molecule has 0 spiro atoms. The number of halogens is 1. The molecule has 0 radical (unpaired) electrons. The number of rotatable bonds is 3. The van der Waals surface area contributed by atoms with Crippen molar-refractivity contribution in [3.05, 3.63) is 52.5 Å². The van der Waals surface area contributed by atoms with Gasteiger partial charge in [-0.05, 0) is 48.9 Å². The van der Waals surface area contributed by atoms with Crippen molar-refractivity contribution in [3.63, 3.8) is 0 Å². The number of anilines is 2. The van der Waals surface area contributed by atoms with Gasteiger partial charge in [0.05, 0.1) is 17.8 Å². The van der Waals surface area contributed by atoms with E-state index in [0.717, 1.165) is 25.2 Å². The first kappa shape index (κ1) is 16.6. The maximum absolute atomic E-state index is 12.3. The SMILES string of the molecule is COc1c(Cl)cccc1NC(=O)Nc1ccc2c(c1)CN(C)CC2. The topological polar surface area (TPSA) is 53.6 Å². The van der Waals surface area contributed by atoms with E-state index in [0.29, 0.717) is 16.5 Å². The number of ether oxygens (including phenoxy) is 1. The molecule has 126 valence electrons. The number of methoxy groups -OCH3 is 1. The van der Waals surface area contributed by atoms with Gasteiger partial charge in [-0.2, -0.15) is 0 Å². The minimum Gasteiger partial charge on any atom is -0.493 e. The zero-order chi connectivity index (χ0) is 17.1. The number of para-hydroxylation sites is 1. The number of likely N-dealkylation sites (N-methyl/N-ethyl adjacent to an activating group) is 1. The Balaban J connectivity index is 1.72. The standard InChI is InChI=1S/C18H20ClN3O2/c1-22-9-8-12-6-7-14(10-13(12)11-22)20-18(23)21-16-5-3-4-15(19)17(16)24-2/h3-7,10H,8-9,11H2,1-2H3,(H2,20,21,23). The van der Waals surface area contributed by atoms with Gasteiger partial charge in [-0.1, -0.05) is 23.7 Å². The maximum atomic E-state index is 12.3. The number of hydrogen-bond acceptors (Lipinski definition) is 3. The van der Waals surface area contributed by atoms with Gasteiger partial charge in [-0.15, -0.1) is 0 Å². The van der Waals surface area contributed by atoms with E-state index >= 15 is 0 Å². The normalized spacial score (nSPS) is 14.0. The summed E-state index contributed by atoms with van der Waals surface area (Å²) in [5, 5.41) is 6.08. The first-order valence-corrected chi connectivity index (χ1v) is 8.15. The molecule has 2 amide bonds. The Bertz CT molecular complexity index is 764. The van der Waals surface area contributed by atoms with Gasteiger partial charge in [0.1, 0.15) is 0 Å². The van der Waals surface area contributed by atoms with Crippen LogP contribution in [-0.2, 0) is 13.0 Å². The molecule has 0 unspecified atom stereocenters. The van der Waals surface area contributed by atoms with Gasteiger partial charge in [-0.25, -0.2) is 4.79 Å². The molecule has 0 aliphatic carbocycles. The van der Waals surface area contributed by atoms with Crippen LogP contribution in [0.1, 0.15) is 11.1 Å². The third-order valence-corrected chi connectivity index (χ3v) is 4.38. The fraction of sp³-hybridized carbons (Fsp3) is 0.278. The van der Waals surface area contributed by atoms with Crippen LogP contribution in [0.4, 0.5) is 16.2 Å². The quantitative estimate of drug-likeness (QED) is 0.884. The molecule has 6 heteroatoms. The van der Waals surface area contributed by atoms with Crippen molar-refractivity contribution >= 4 is 29.0 Å². The molecular formula is C18H20ClN3O2. The molecule has 24 heavy (non-hydrogen) atoms. The van der Waals surface area contributed by atoms with Crippen molar-refractivity contribution in [3.8, 4) is 5.75 Å². The molecule has 0 bridgehead atoms. The molecule has 0 aromatic heterocycles. The van der Waals surface area contributed by atoms with Crippen LogP contribution in [-0.4, -0.2) is 31.6 Å². The summed E-state index contributed by atoms with van der Waals surface area (Å²) in [6, 6.07) is 10.9. The van der Waals surface area contributed by atoms with Gasteiger partial charge in [-0.3, -0.25) is 0 Å². The summed E-state index contributed by atoms with van der Waals surface area (Å²) in [6.45, 7) is 1.96. The fourth-order valence-electron chi connectivity index (χ4n) is 2.88. The first-order chi connectivity index (χ1) is 11.6. The molecule has 0 fully saturated rings. The second kappa shape index (κ2) is 7.11. The summed E-state index contributed by atoms with van der Waals surface area (Å²) in [6.07, 6.45) is 1.04. The van der Waals surface area contributed by atoms with Gasteiger partial charge in [0.25, 0.3) is 0 Å². The van der Waals surface area contributed by atoms with Gasteiger partial charge in [0, 0.05) is 18.8 Å². The van der Waals surface area contributed by atoms with Crippen LogP contribution in [0.2, 0.25) is 5.02 Å². The summed E-state index contributed by atoms with van der Waals surface area (Å²) < 4.78 is 5.23. The van der Waals surface area contributed by atoms with Crippen molar-refractivity contribution in [1.29, 1.82) is 0 Å². The lowest BCUT2D eigenvalue weighted by atomic mass is 9.99. The fourth-order valence-corrected chi connectivity index (χ4v) is 3.13. The van der Waals surface area contributed by atoms with E-state index in [1.165, 1.54) is 18.2 Å². The summed E-state index contributed by atoms with van der Waals surface area (Å²) in [4.78, 5) is 14.5. The Kier molecular flexibility index (Phi) is 4.92. The van der Waals surface area contributed by atoms with Crippen molar-refractivity contribution in [2.24, 2.45) is 0 Å². The van der Waals surface area contributed by atoms with Crippen molar-refractivity contribution in [1.82, 2.24) is 4.90 Å². The predicted octanol–water partition coefficient (Wildman–Crippen LogP) is 3.98. The second-order valence-corrected chi connectivity index (χ2v) is 6.28. The maximum Gasteiger partial charge on any atom is 0.323 e. The zero-order valence-electron chi connectivity index (χ0n) is 13.7. The predicted molar refractivity (Wildman–Crippen MR) is 97.1 cm³/mol. The number of fused-ring (bicyclic) bond motifs is 1. The number of carbonyl (C=O) groups excluding carboxylic acids is 1. The van der Waals surface area contributed by atoms with E-state index in [1.54, 1.807) is 18.2 Å². The van der Waals surface area contributed by atoms with Crippen LogP contribution in [0.15, 0.2) is 36.4 Å². The summed E-state index contributed by atoms with van der Waals surface area (Å²) >= 11 is 6.06. The Morgan fingerprint density at radius 3 is 2.83 bits per heavy atom. The van der Waals surface area contributed by atoms with Gasteiger partial charge >= 0.3 is 6.03 Å². The largest absolute Gasteiger partial charge is 0.493 e. The van der Waals surface area contributed by atoms with Gasteiger partial charge in [0.15, 0.2) is 5.75 Å². The Morgan fingerprint density at radius 2 is 2.04 bits per heavy atom. The van der Waals surface area contributed by atoms with Crippen LogP contribution in [0.5, 0.6) is 5.75 Å². The lowest BCUT2D eigenvalue weighted by Crippen LogP contribution is -2.27. The molecule has 2 N–H and O–H groups in total. The zero-order valence-corrected chi connectivity index (χ0v) is 14.5. The number of carbonyl (C=O) groups is 1. The third kappa shape index (κ3) is 3.63. The van der Waals surface area contributed by atoms with Crippen molar-refractivity contribution in [2.75, 3.05) is 31.3 Å². The molecular weight excluding hydrogens is 326 g/mol. The molecule has 1 heterocycles. The van der Waals surface area contributed by atoms with Crippen LogP contribution in [0.25, 0.3) is 0 Å². The summed E-state index contributed by atoms with van der Waals surface area (Å²) in [7, 11) is 3.62. The number of nitrogens with zero attached hydrogens (tertiary/aromatic N) is 1. The van der Waals surface area contributed by atoms with E-state index in [2.05, 4.69) is 28.6 Å². The molecule has 3 rings (SSSR count). The lowest BCUT2D eigenvalue weighted by molar-refractivity contribution is 0.262. The number of hydrogen-bond donors (Lipinski definition) is 2. The highest BCUT2D eigenvalue weighted by molar-refractivity contribution is 6.32. The summed E-state index contributed by atoms with van der Waals surface area (Å²) in [5.74, 6) is 0.446. The number of urea groups is 1. The molecule has 1 aliphatic heterocycles. The number of benzene rings is 2. The lowest BCUT2D eigenvalue weighted by Gasteiger charge is -2.25. The van der Waals surface area contributed by atoms with E-state index in [-0.39, 0.29) is 6.03 Å². The second-order valence-electron chi connectivity index (χ2n) is 5.87. The Hall–Kier alpha value is -2.24. The molecule has 0 atom stereocenters. The highest BCUT2D eigenvalue weighted by atomic mass is 35.5. The van der Waals surface area contributed by atoms with Gasteiger partial charge < -0.3 is 20.3 Å².